The molecule has 0 radical (unpaired) electrons. The van der Waals surface area contributed by atoms with Crippen LogP contribution in [0.4, 0.5) is 4.39 Å². The molecular formula is C11H17F. The van der Waals surface area contributed by atoms with Crippen LogP contribution in [0, 0.1) is 0 Å². The molecule has 1 atom stereocenters. The second kappa shape index (κ2) is 6.84. The van der Waals surface area contributed by atoms with E-state index in [2.05, 4.69) is 6.58 Å². The zero-order valence-electron chi connectivity index (χ0n) is 7.89. The van der Waals surface area contributed by atoms with Gasteiger partial charge < -0.3 is 0 Å². The molecule has 0 nitrogen and oxygen atoms in total. The van der Waals surface area contributed by atoms with Gasteiger partial charge in [-0.15, -0.1) is 0 Å². The number of allylic oxidation sites excluding steroid dienone is 5. The Kier molecular flexibility index (Phi) is 6.35. The lowest BCUT2D eigenvalue weighted by Gasteiger charge is -2.01. The normalized spacial score (nSPS) is 15.1. The molecule has 0 fully saturated rings. The van der Waals surface area contributed by atoms with Crippen molar-refractivity contribution in [2.45, 2.75) is 32.9 Å². The van der Waals surface area contributed by atoms with Crippen molar-refractivity contribution < 1.29 is 4.39 Å². The molecule has 0 rings (SSSR count). The Bertz CT molecular complexity index is 175. The van der Waals surface area contributed by atoms with Crippen LogP contribution in [0.5, 0.6) is 0 Å². The van der Waals surface area contributed by atoms with Crippen LogP contribution >= 0.6 is 0 Å². The van der Waals surface area contributed by atoms with Gasteiger partial charge >= 0.3 is 0 Å². The van der Waals surface area contributed by atoms with Gasteiger partial charge in [0.25, 0.3) is 0 Å². The van der Waals surface area contributed by atoms with E-state index < -0.39 is 6.17 Å². The van der Waals surface area contributed by atoms with Crippen LogP contribution in [0.15, 0.2) is 36.5 Å². The van der Waals surface area contributed by atoms with Gasteiger partial charge in [0.2, 0.25) is 0 Å². The van der Waals surface area contributed by atoms with Gasteiger partial charge in [-0.2, -0.15) is 0 Å². The molecule has 0 spiro atoms. The summed E-state index contributed by atoms with van der Waals surface area (Å²) in [5.41, 5.74) is 1.10. The summed E-state index contributed by atoms with van der Waals surface area (Å²) in [6.45, 7) is 7.20. The van der Waals surface area contributed by atoms with Gasteiger partial charge in [-0.1, -0.05) is 30.9 Å². The van der Waals surface area contributed by atoms with Crippen LogP contribution in [0.2, 0.25) is 0 Å². The summed E-state index contributed by atoms with van der Waals surface area (Å²) in [7, 11) is 0. The molecule has 0 aliphatic carbocycles. The topological polar surface area (TPSA) is 0 Å². The van der Waals surface area contributed by atoms with E-state index in [1.807, 2.05) is 25.2 Å². The van der Waals surface area contributed by atoms with Crippen LogP contribution in [0.25, 0.3) is 0 Å². The van der Waals surface area contributed by atoms with E-state index in [9.17, 15) is 4.39 Å². The Morgan fingerprint density at radius 1 is 1.58 bits per heavy atom. The Morgan fingerprint density at radius 3 is 2.67 bits per heavy atom. The highest BCUT2D eigenvalue weighted by Gasteiger charge is 1.98. The van der Waals surface area contributed by atoms with E-state index in [1.165, 1.54) is 0 Å². The Morgan fingerprint density at radius 2 is 2.25 bits per heavy atom. The first-order valence-electron chi connectivity index (χ1n) is 4.29. The standard InChI is InChI=1S/C11H17F/c1-4-6-7-11(5-2)9-8-10(3)12/h4-7,10H,2,8-9H2,1,3H3/b6-4-,11-7+. The van der Waals surface area contributed by atoms with Crippen LogP contribution < -0.4 is 0 Å². The van der Waals surface area contributed by atoms with E-state index in [-0.39, 0.29) is 0 Å². The third-order valence-electron chi connectivity index (χ3n) is 1.60. The van der Waals surface area contributed by atoms with E-state index in [0.717, 1.165) is 12.0 Å². The highest BCUT2D eigenvalue weighted by Crippen LogP contribution is 2.10. The van der Waals surface area contributed by atoms with Gasteiger partial charge in [-0.05, 0) is 32.3 Å². The fourth-order valence-electron chi connectivity index (χ4n) is 0.839. The lowest BCUT2D eigenvalue weighted by molar-refractivity contribution is 0.342. The third kappa shape index (κ3) is 5.90. The van der Waals surface area contributed by atoms with Crippen molar-refractivity contribution in [3.05, 3.63) is 36.5 Å². The summed E-state index contributed by atoms with van der Waals surface area (Å²) in [5.74, 6) is 0. The highest BCUT2D eigenvalue weighted by atomic mass is 19.1. The molecule has 68 valence electrons. The molecule has 0 saturated heterocycles. The summed E-state index contributed by atoms with van der Waals surface area (Å²) in [4.78, 5) is 0. The number of rotatable bonds is 5. The van der Waals surface area contributed by atoms with Crippen LogP contribution in [0.3, 0.4) is 0 Å². The van der Waals surface area contributed by atoms with Crippen molar-refractivity contribution >= 4 is 0 Å². The maximum atomic E-state index is 12.4. The molecule has 0 aromatic rings. The van der Waals surface area contributed by atoms with Gasteiger partial charge in [-0.3, -0.25) is 0 Å². The maximum Gasteiger partial charge on any atom is 0.0976 e. The average molecular weight is 168 g/mol. The van der Waals surface area contributed by atoms with Crippen molar-refractivity contribution in [2.75, 3.05) is 0 Å². The van der Waals surface area contributed by atoms with Gasteiger partial charge in [0.1, 0.15) is 0 Å². The lowest BCUT2D eigenvalue weighted by atomic mass is 10.1. The molecule has 0 N–H and O–H groups in total. The van der Waals surface area contributed by atoms with Crippen LogP contribution in [-0.2, 0) is 0 Å². The second-order valence-corrected chi connectivity index (χ2v) is 2.79. The van der Waals surface area contributed by atoms with E-state index in [0.29, 0.717) is 6.42 Å². The van der Waals surface area contributed by atoms with Gasteiger partial charge in [0.05, 0.1) is 6.17 Å². The molecule has 1 unspecified atom stereocenters. The van der Waals surface area contributed by atoms with Gasteiger partial charge in [0, 0.05) is 0 Å². The maximum absolute atomic E-state index is 12.4. The van der Waals surface area contributed by atoms with Crippen molar-refractivity contribution in [1.82, 2.24) is 0 Å². The fraction of sp³-hybridized carbons (Fsp3) is 0.455. The molecule has 0 aliphatic heterocycles. The smallest absolute Gasteiger partial charge is 0.0976 e. The Labute approximate surface area is 74.5 Å². The predicted molar refractivity (Wildman–Crippen MR) is 52.9 cm³/mol. The summed E-state index contributed by atoms with van der Waals surface area (Å²) in [6.07, 6.45) is 8.26. The number of hydrogen-bond acceptors (Lipinski definition) is 0. The molecule has 0 saturated carbocycles. The first kappa shape index (κ1) is 11.2. The quantitative estimate of drug-likeness (QED) is 0.547. The van der Waals surface area contributed by atoms with Gasteiger partial charge in [-0.25, -0.2) is 4.39 Å². The minimum atomic E-state index is -0.723. The van der Waals surface area contributed by atoms with Gasteiger partial charge in [0.15, 0.2) is 0 Å². The molecule has 1 heteroatoms. The summed E-state index contributed by atoms with van der Waals surface area (Å²) in [6, 6.07) is 0. The average Bonchev–Trinajstić information content (AvgIpc) is 2.05. The first-order chi connectivity index (χ1) is 5.70. The number of halogens is 1. The molecule has 0 aromatic carbocycles. The first-order valence-corrected chi connectivity index (χ1v) is 4.29. The van der Waals surface area contributed by atoms with Crippen molar-refractivity contribution in [2.24, 2.45) is 0 Å². The van der Waals surface area contributed by atoms with E-state index in [4.69, 9.17) is 0 Å². The molecule has 0 aliphatic rings. The van der Waals surface area contributed by atoms with E-state index in [1.54, 1.807) is 13.0 Å². The minimum Gasteiger partial charge on any atom is -0.248 e. The van der Waals surface area contributed by atoms with Crippen molar-refractivity contribution in [3.63, 3.8) is 0 Å². The third-order valence-corrected chi connectivity index (χ3v) is 1.60. The summed E-state index contributed by atoms with van der Waals surface area (Å²) < 4.78 is 12.4. The zero-order valence-corrected chi connectivity index (χ0v) is 7.89. The molecule has 0 amide bonds. The highest BCUT2D eigenvalue weighted by molar-refractivity contribution is 5.21. The molecule has 0 aromatic heterocycles. The summed E-state index contributed by atoms with van der Waals surface area (Å²) in [5, 5.41) is 0. The number of hydrogen-bond donors (Lipinski definition) is 0. The van der Waals surface area contributed by atoms with Crippen molar-refractivity contribution in [1.29, 1.82) is 0 Å². The Balaban J connectivity index is 3.91. The monoisotopic (exact) mass is 168 g/mol. The van der Waals surface area contributed by atoms with Crippen LogP contribution in [0.1, 0.15) is 26.7 Å². The molecule has 0 bridgehead atoms. The minimum absolute atomic E-state index is 0.579. The fourth-order valence-corrected chi connectivity index (χ4v) is 0.839. The molecule has 12 heavy (non-hydrogen) atoms. The van der Waals surface area contributed by atoms with Crippen LogP contribution in [-0.4, -0.2) is 6.17 Å². The van der Waals surface area contributed by atoms with Crippen molar-refractivity contribution in [3.8, 4) is 0 Å². The predicted octanol–water partition coefficient (Wildman–Crippen LogP) is 3.81. The molecule has 0 heterocycles. The van der Waals surface area contributed by atoms with E-state index >= 15 is 0 Å². The zero-order chi connectivity index (χ0) is 9.40. The molecular weight excluding hydrogens is 151 g/mol. The largest absolute Gasteiger partial charge is 0.248 e. The summed E-state index contributed by atoms with van der Waals surface area (Å²) >= 11 is 0. The Hall–Kier alpha value is -0.850. The SMILES string of the molecule is C=C/C(=C\C=C/C)CCC(C)F. The lowest BCUT2D eigenvalue weighted by Crippen LogP contribution is -1.92. The number of alkyl halides is 1. The second-order valence-electron chi connectivity index (χ2n) is 2.79.